The topological polar surface area (TPSA) is 89.9 Å². The van der Waals surface area contributed by atoms with Gasteiger partial charge in [0, 0.05) is 0 Å². The number of carboxylic acid groups (broad SMARTS) is 2. The van der Waals surface area contributed by atoms with Crippen LogP contribution in [0.5, 0.6) is 0 Å². The number of hydrazine groups is 1. The van der Waals surface area contributed by atoms with Gasteiger partial charge in [-0.05, 0) is 24.0 Å². The molecular formula is C16H22N2O4Si. The van der Waals surface area contributed by atoms with Gasteiger partial charge < -0.3 is 10.2 Å². The molecule has 0 aromatic heterocycles. The van der Waals surface area contributed by atoms with Crippen LogP contribution >= 0.6 is 0 Å². The van der Waals surface area contributed by atoms with Gasteiger partial charge in [0.25, 0.3) is 0 Å². The molecule has 7 heteroatoms. The molecule has 1 aromatic carbocycles. The number of benzene rings is 1. The molecule has 1 unspecified atom stereocenters. The monoisotopic (exact) mass is 334 g/mol. The van der Waals surface area contributed by atoms with Crippen LogP contribution in [0.1, 0.15) is 12.0 Å². The van der Waals surface area contributed by atoms with Gasteiger partial charge in [-0.3, -0.25) is 0 Å². The second-order valence-electron chi connectivity index (χ2n) is 6.65. The van der Waals surface area contributed by atoms with Crippen LogP contribution in [0.2, 0.25) is 19.6 Å². The third kappa shape index (κ3) is 4.13. The minimum absolute atomic E-state index is 0.418. The number of hydrogen-bond donors (Lipinski definition) is 3. The molecule has 1 aliphatic carbocycles. The standard InChI is InChI=1S/C16H22N2O4Si/c1-23(2,3)14-12(10-9-11-7-5-4-6-8-11)13(14)18(16(21)22)17-15(19)20/h4-8,13,17H,9-10H2,1-3H3,(H,19,20)(H,21,22). The summed E-state index contributed by atoms with van der Waals surface area (Å²) >= 11 is 0. The second-order valence-corrected chi connectivity index (χ2v) is 11.7. The Hall–Kier alpha value is -2.28. The van der Waals surface area contributed by atoms with Crippen molar-refractivity contribution in [1.29, 1.82) is 0 Å². The molecule has 2 rings (SSSR count). The molecule has 0 heterocycles. The van der Waals surface area contributed by atoms with E-state index in [0.717, 1.165) is 28.6 Å². The molecule has 0 aliphatic heterocycles. The molecule has 0 saturated carbocycles. The van der Waals surface area contributed by atoms with E-state index in [4.69, 9.17) is 5.11 Å². The largest absolute Gasteiger partial charge is 0.464 e. The molecule has 1 aromatic rings. The van der Waals surface area contributed by atoms with Crippen molar-refractivity contribution >= 4 is 20.3 Å². The summed E-state index contributed by atoms with van der Waals surface area (Å²) in [5.74, 6) is 0. The van der Waals surface area contributed by atoms with Crippen molar-refractivity contribution in [2.45, 2.75) is 38.5 Å². The van der Waals surface area contributed by atoms with Gasteiger partial charge in [-0.15, -0.1) is 0 Å². The molecule has 0 radical (unpaired) electrons. The number of hydrogen-bond acceptors (Lipinski definition) is 2. The minimum atomic E-state index is -1.71. The molecule has 0 spiro atoms. The first-order chi connectivity index (χ1) is 10.7. The first kappa shape index (κ1) is 17.1. The zero-order valence-electron chi connectivity index (χ0n) is 13.5. The molecule has 1 aliphatic rings. The van der Waals surface area contributed by atoms with Crippen molar-refractivity contribution in [2.24, 2.45) is 0 Å². The van der Waals surface area contributed by atoms with Crippen LogP contribution in [0.3, 0.4) is 0 Å². The van der Waals surface area contributed by atoms with E-state index in [2.05, 4.69) is 19.6 Å². The highest BCUT2D eigenvalue weighted by atomic mass is 28.3. The summed E-state index contributed by atoms with van der Waals surface area (Å²) in [4.78, 5) is 22.3. The molecule has 6 nitrogen and oxygen atoms in total. The van der Waals surface area contributed by atoms with Crippen LogP contribution in [0.25, 0.3) is 0 Å². The second kappa shape index (κ2) is 6.45. The maximum absolute atomic E-state index is 11.4. The van der Waals surface area contributed by atoms with E-state index < -0.39 is 26.3 Å². The highest BCUT2D eigenvalue weighted by molar-refractivity contribution is 6.84. The quantitative estimate of drug-likeness (QED) is 0.569. The van der Waals surface area contributed by atoms with Gasteiger partial charge in [0.15, 0.2) is 0 Å². The maximum Gasteiger partial charge on any atom is 0.427 e. The Bertz CT molecular complexity index is 637. The fourth-order valence-corrected chi connectivity index (χ4v) is 5.23. The zero-order chi connectivity index (χ0) is 17.2. The number of amides is 2. The average Bonchev–Trinajstić information content (AvgIpc) is 3.17. The van der Waals surface area contributed by atoms with Crippen LogP contribution in [0.4, 0.5) is 9.59 Å². The van der Waals surface area contributed by atoms with E-state index in [1.54, 1.807) is 0 Å². The van der Waals surface area contributed by atoms with Gasteiger partial charge >= 0.3 is 12.2 Å². The minimum Gasteiger partial charge on any atom is -0.464 e. The fourth-order valence-electron chi connectivity index (χ4n) is 2.95. The van der Waals surface area contributed by atoms with Gasteiger partial charge in [0.1, 0.15) is 0 Å². The smallest absolute Gasteiger partial charge is 0.427 e. The zero-order valence-corrected chi connectivity index (χ0v) is 14.5. The van der Waals surface area contributed by atoms with Crippen LogP contribution < -0.4 is 5.43 Å². The third-order valence-corrected chi connectivity index (χ3v) is 6.09. The van der Waals surface area contributed by atoms with Crippen LogP contribution in [-0.2, 0) is 6.42 Å². The van der Waals surface area contributed by atoms with Crippen LogP contribution in [0.15, 0.2) is 41.1 Å². The van der Waals surface area contributed by atoms with E-state index in [-0.39, 0.29) is 0 Å². The van der Waals surface area contributed by atoms with Gasteiger partial charge in [0.2, 0.25) is 0 Å². The molecule has 2 amide bonds. The van der Waals surface area contributed by atoms with Gasteiger partial charge in [-0.1, -0.05) is 55.2 Å². The Morgan fingerprint density at radius 2 is 1.74 bits per heavy atom. The lowest BCUT2D eigenvalue weighted by Gasteiger charge is -2.22. The molecule has 1 atom stereocenters. The first-order valence-electron chi connectivity index (χ1n) is 7.51. The van der Waals surface area contributed by atoms with Crippen LogP contribution in [0, 0.1) is 0 Å². The van der Waals surface area contributed by atoms with E-state index in [1.807, 2.05) is 35.8 Å². The fraction of sp³-hybridized carbons (Fsp3) is 0.375. The predicted octanol–water partition coefficient (Wildman–Crippen LogP) is 3.34. The molecular weight excluding hydrogens is 312 g/mol. The van der Waals surface area contributed by atoms with E-state index in [1.165, 1.54) is 5.56 Å². The molecule has 3 N–H and O–H groups in total. The summed E-state index contributed by atoms with van der Waals surface area (Å²) < 4.78 is 0. The van der Waals surface area contributed by atoms with Crippen molar-refractivity contribution < 1.29 is 19.8 Å². The summed E-state index contributed by atoms with van der Waals surface area (Å²) in [6, 6.07) is 9.57. The summed E-state index contributed by atoms with van der Waals surface area (Å²) in [6.45, 7) is 6.43. The normalized spacial score (nSPS) is 16.9. The van der Waals surface area contributed by atoms with Crippen molar-refractivity contribution in [2.75, 3.05) is 0 Å². The Balaban J connectivity index is 2.14. The Morgan fingerprint density at radius 3 is 2.22 bits per heavy atom. The van der Waals surface area contributed by atoms with E-state index in [9.17, 15) is 14.7 Å². The Morgan fingerprint density at radius 1 is 1.13 bits per heavy atom. The lowest BCUT2D eigenvalue weighted by molar-refractivity contribution is 0.108. The highest BCUT2D eigenvalue weighted by Crippen LogP contribution is 2.44. The van der Waals surface area contributed by atoms with Crippen molar-refractivity contribution in [3.63, 3.8) is 0 Å². The SMILES string of the molecule is C[Si](C)(C)C1=C(CCc2ccccc2)C1N(NC(=O)O)C(=O)O. The molecule has 124 valence electrons. The van der Waals surface area contributed by atoms with E-state index in [0.29, 0.717) is 0 Å². The lowest BCUT2D eigenvalue weighted by atomic mass is 10.1. The average molecular weight is 334 g/mol. The number of nitrogens with zero attached hydrogens (tertiary/aromatic N) is 1. The van der Waals surface area contributed by atoms with Crippen LogP contribution in [-0.4, -0.2) is 41.5 Å². The Labute approximate surface area is 136 Å². The number of rotatable bonds is 5. The van der Waals surface area contributed by atoms with Gasteiger partial charge in [-0.2, -0.15) is 0 Å². The first-order valence-corrected chi connectivity index (χ1v) is 11.0. The highest BCUT2D eigenvalue weighted by Gasteiger charge is 2.49. The number of nitrogens with one attached hydrogen (secondary N) is 1. The van der Waals surface area contributed by atoms with E-state index >= 15 is 0 Å². The number of aryl methyl sites for hydroxylation is 1. The lowest BCUT2D eigenvalue weighted by Crippen LogP contribution is -2.49. The number of carbonyl (C=O) groups is 2. The van der Waals surface area contributed by atoms with Crippen molar-refractivity contribution in [1.82, 2.24) is 10.4 Å². The van der Waals surface area contributed by atoms with Crippen molar-refractivity contribution in [3.8, 4) is 0 Å². The summed E-state index contributed by atoms with van der Waals surface area (Å²) in [5.41, 5.74) is 4.25. The van der Waals surface area contributed by atoms with Gasteiger partial charge in [0.05, 0.1) is 14.1 Å². The summed E-state index contributed by atoms with van der Waals surface area (Å²) in [6.07, 6.45) is -1.07. The summed E-state index contributed by atoms with van der Waals surface area (Å²) in [5, 5.41) is 20.1. The Kier molecular flexibility index (Phi) is 4.79. The summed E-state index contributed by atoms with van der Waals surface area (Å²) in [7, 11) is -1.71. The third-order valence-electron chi connectivity index (χ3n) is 3.88. The predicted molar refractivity (Wildman–Crippen MR) is 89.9 cm³/mol. The molecule has 23 heavy (non-hydrogen) atoms. The molecule has 0 fully saturated rings. The van der Waals surface area contributed by atoms with Gasteiger partial charge in [-0.25, -0.2) is 20.0 Å². The molecule has 0 bridgehead atoms. The van der Waals surface area contributed by atoms with Crippen molar-refractivity contribution in [3.05, 3.63) is 46.7 Å². The maximum atomic E-state index is 11.4. The molecule has 0 saturated heterocycles.